The second-order valence-corrected chi connectivity index (χ2v) is 7.30. The van der Waals surface area contributed by atoms with Crippen LogP contribution in [0.4, 0.5) is 5.69 Å². The molecule has 0 bridgehead atoms. The molecule has 0 heterocycles. The first-order chi connectivity index (χ1) is 9.53. The lowest BCUT2D eigenvalue weighted by molar-refractivity contribution is 0.581. The number of thioether (sulfide) groups is 1. The molecule has 0 aliphatic heterocycles. The average Bonchev–Trinajstić information content (AvgIpc) is 2.45. The highest BCUT2D eigenvalue weighted by molar-refractivity contribution is 7.98. The molecule has 0 saturated carbocycles. The Labute approximate surface area is 126 Å². The van der Waals surface area contributed by atoms with Crippen LogP contribution in [0.2, 0.25) is 0 Å². The van der Waals surface area contributed by atoms with Crippen molar-refractivity contribution in [1.29, 1.82) is 0 Å². The van der Waals surface area contributed by atoms with Crippen LogP contribution in [0.25, 0.3) is 0 Å². The summed E-state index contributed by atoms with van der Waals surface area (Å²) in [6, 6.07) is 7.34. The number of rotatable bonds is 9. The van der Waals surface area contributed by atoms with Gasteiger partial charge in [-0.15, -0.1) is 0 Å². The van der Waals surface area contributed by atoms with Gasteiger partial charge in [-0.2, -0.15) is 11.8 Å². The van der Waals surface area contributed by atoms with Gasteiger partial charge in [-0.1, -0.05) is 13.8 Å². The van der Waals surface area contributed by atoms with Crippen LogP contribution in [-0.4, -0.2) is 33.0 Å². The van der Waals surface area contributed by atoms with E-state index in [4.69, 9.17) is 0 Å². The van der Waals surface area contributed by atoms with Crippen molar-refractivity contribution in [2.45, 2.75) is 37.6 Å². The van der Waals surface area contributed by atoms with Crippen LogP contribution in [-0.2, 0) is 10.0 Å². The van der Waals surface area contributed by atoms with Crippen LogP contribution >= 0.6 is 11.8 Å². The zero-order valence-corrected chi connectivity index (χ0v) is 14.0. The standard InChI is InChI=1S/C14H24N2O2S2/c1-4-10-15-20(17,18)14-8-6-13(7-9-14)16-12(5-2)11-19-3/h6-9,12,15-16H,4-5,10-11H2,1-3H3. The fourth-order valence-corrected chi connectivity index (χ4v) is 3.60. The van der Waals surface area contributed by atoms with Gasteiger partial charge in [-0.3, -0.25) is 0 Å². The van der Waals surface area contributed by atoms with Gasteiger partial charge in [0.05, 0.1) is 4.90 Å². The van der Waals surface area contributed by atoms with Crippen molar-refractivity contribution in [3.63, 3.8) is 0 Å². The molecule has 1 aromatic carbocycles. The summed E-state index contributed by atoms with van der Waals surface area (Å²) in [6.45, 7) is 4.54. The zero-order valence-electron chi connectivity index (χ0n) is 12.3. The minimum Gasteiger partial charge on any atom is -0.381 e. The Morgan fingerprint density at radius 3 is 2.35 bits per heavy atom. The number of sulfonamides is 1. The topological polar surface area (TPSA) is 58.2 Å². The Bertz CT molecular complexity index is 486. The monoisotopic (exact) mass is 316 g/mol. The molecule has 0 radical (unpaired) electrons. The van der Waals surface area contributed by atoms with Crippen LogP contribution in [0, 0.1) is 0 Å². The molecule has 0 aliphatic carbocycles. The van der Waals surface area contributed by atoms with Crippen molar-refractivity contribution in [3.8, 4) is 0 Å². The maximum atomic E-state index is 11.9. The van der Waals surface area contributed by atoms with E-state index < -0.39 is 10.0 Å². The third kappa shape index (κ3) is 5.34. The quantitative estimate of drug-likeness (QED) is 0.735. The fraction of sp³-hybridized carbons (Fsp3) is 0.571. The lowest BCUT2D eigenvalue weighted by Gasteiger charge is -2.17. The summed E-state index contributed by atoms with van der Waals surface area (Å²) in [7, 11) is -3.37. The number of hydrogen-bond donors (Lipinski definition) is 2. The van der Waals surface area contributed by atoms with E-state index in [0.717, 1.165) is 24.3 Å². The third-order valence-corrected chi connectivity index (χ3v) is 5.15. The van der Waals surface area contributed by atoms with Crippen molar-refractivity contribution in [1.82, 2.24) is 4.72 Å². The highest BCUT2D eigenvalue weighted by atomic mass is 32.2. The van der Waals surface area contributed by atoms with Crippen LogP contribution in [0.5, 0.6) is 0 Å². The molecule has 1 rings (SSSR count). The lowest BCUT2D eigenvalue weighted by Crippen LogP contribution is -2.24. The van der Waals surface area contributed by atoms with E-state index in [0.29, 0.717) is 17.5 Å². The molecule has 114 valence electrons. The molecule has 1 unspecified atom stereocenters. The van der Waals surface area contributed by atoms with Gasteiger partial charge in [0, 0.05) is 24.0 Å². The van der Waals surface area contributed by atoms with Crippen molar-refractivity contribution in [3.05, 3.63) is 24.3 Å². The minimum absolute atomic E-state index is 0.314. The predicted octanol–water partition coefficient (Wildman–Crippen LogP) is 2.93. The summed E-state index contributed by atoms with van der Waals surface area (Å²) in [5.41, 5.74) is 0.959. The summed E-state index contributed by atoms with van der Waals surface area (Å²) in [5, 5.41) is 3.42. The molecule has 0 aromatic heterocycles. The van der Waals surface area contributed by atoms with E-state index in [1.54, 1.807) is 23.9 Å². The molecule has 0 spiro atoms. The molecule has 0 aliphatic rings. The van der Waals surface area contributed by atoms with Crippen LogP contribution < -0.4 is 10.0 Å². The number of hydrogen-bond acceptors (Lipinski definition) is 4. The van der Waals surface area contributed by atoms with Gasteiger partial charge in [0.15, 0.2) is 0 Å². The molecular weight excluding hydrogens is 292 g/mol. The molecule has 2 N–H and O–H groups in total. The van der Waals surface area contributed by atoms with Gasteiger partial charge in [-0.05, 0) is 43.4 Å². The molecular formula is C14H24N2O2S2. The lowest BCUT2D eigenvalue weighted by atomic mass is 10.2. The zero-order chi connectivity index (χ0) is 15.0. The summed E-state index contributed by atoms with van der Waals surface area (Å²) < 4.78 is 26.5. The number of benzene rings is 1. The average molecular weight is 316 g/mol. The predicted molar refractivity (Wildman–Crippen MR) is 88.0 cm³/mol. The second-order valence-electron chi connectivity index (χ2n) is 4.63. The first-order valence-electron chi connectivity index (χ1n) is 6.88. The summed E-state index contributed by atoms with van der Waals surface area (Å²) in [4.78, 5) is 0.314. The van der Waals surface area contributed by atoms with E-state index >= 15 is 0 Å². The van der Waals surface area contributed by atoms with E-state index in [1.807, 2.05) is 19.1 Å². The Morgan fingerprint density at radius 1 is 1.20 bits per heavy atom. The van der Waals surface area contributed by atoms with Gasteiger partial charge in [0.2, 0.25) is 10.0 Å². The Hall–Kier alpha value is -0.720. The van der Waals surface area contributed by atoms with E-state index in [1.165, 1.54) is 0 Å². The van der Waals surface area contributed by atoms with Crippen molar-refractivity contribution in [2.75, 3.05) is 23.9 Å². The first-order valence-corrected chi connectivity index (χ1v) is 9.76. The maximum absolute atomic E-state index is 11.9. The smallest absolute Gasteiger partial charge is 0.240 e. The SMILES string of the molecule is CCCNS(=O)(=O)c1ccc(NC(CC)CSC)cc1. The Kier molecular flexibility index (Phi) is 7.40. The highest BCUT2D eigenvalue weighted by Crippen LogP contribution is 2.16. The highest BCUT2D eigenvalue weighted by Gasteiger charge is 2.13. The van der Waals surface area contributed by atoms with E-state index in [2.05, 4.69) is 23.2 Å². The first kappa shape index (κ1) is 17.3. The third-order valence-electron chi connectivity index (χ3n) is 2.94. The summed E-state index contributed by atoms with van der Waals surface area (Å²) in [6.07, 6.45) is 3.91. The number of anilines is 1. The molecule has 0 saturated heterocycles. The summed E-state index contributed by atoms with van der Waals surface area (Å²) in [5.74, 6) is 1.04. The molecule has 1 aromatic rings. The van der Waals surface area contributed by atoms with Gasteiger partial charge in [0.1, 0.15) is 0 Å². The van der Waals surface area contributed by atoms with Gasteiger partial charge in [-0.25, -0.2) is 13.1 Å². The second kappa shape index (κ2) is 8.54. The molecule has 6 heteroatoms. The normalized spacial score (nSPS) is 13.2. The Morgan fingerprint density at radius 2 is 1.85 bits per heavy atom. The van der Waals surface area contributed by atoms with Crippen molar-refractivity contribution >= 4 is 27.5 Å². The van der Waals surface area contributed by atoms with E-state index in [-0.39, 0.29) is 0 Å². The molecule has 0 fully saturated rings. The Balaban J connectivity index is 2.73. The molecule has 4 nitrogen and oxygen atoms in total. The minimum atomic E-state index is -3.37. The molecule has 20 heavy (non-hydrogen) atoms. The summed E-state index contributed by atoms with van der Waals surface area (Å²) >= 11 is 1.80. The molecule has 0 amide bonds. The fourth-order valence-electron chi connectivity index (χ4n) is 1.75. The van der Waals surface area contributed by atoms with Crippen molar-refractivity contribution in [2.24, 2.45) is 0 Å². The van der Waals surface area contributed by atoms with E-state index in [9.17, 15) is 8.42 Å². The van der Waals surface area contributed by atoms with Gasteiger partial charge >= 0.3 is 0 Å². The van der Waals surface area contributed by atoms with Gasteiger partial charge < -0.3 is 5.32 Å². The number of nitrogens with one attached hydrogen (secondary N) is 2. The maximum Gasteiger partial charge on any atom is 0.240 e. The van der Waals surface area contributed by atoms with Crippen LogP contribution in [0.3, 0.4) is 0 Å². The van der Waals surface area contributed by atoms with Crippen molar-refractivity contribution < 1.29 is 8.42 Å². The molecule has 1 atom stereocenters. The largest absolute Gasteiger partial charge is 0.381 e. The van der Waals surface area contributed by atoms with Gasteiger partial charge in [0.25, 0.3) is 0 Å². The van der Waals surface area contributed by atoms with Crippen LogP contribution in [0.1, 0.15) is 26.7 Å². The van der Waals surface area contributed by atoms with Crippen LogP contribution in [0.15, 0.2) is 29.2 Å².